The van der Waals surface area contributed by atoms with Crippen molar-refractivity contribution < 1.29 is 9.53 Å². The maximum atomic E-state index is 12.0. The molecule has 2 atom stereocenters. The first-order valence-corrected chi connectivity index (χ1v) is 8.90. The lowest BCUT2D eigenvalue weighted by Gasteiger charge is -2.26. The molecule has 0 aliphatic heterocycles. The highest BCUT2D eigenvalue weighted by molar-refractivity contribution is 9.10. The Balaban J connectivity index is 2.31. The number of nitrogens with two attached hydrogens (primary N) is 1. The summed E-state index contributed by atoms with van der Waals surface area (Å²) in [7, 11) is 0. The molecule has 0 radical (unpaired) electrons. The van der Waals surface area contributed by atoms with Gasteiger partial charge in [0.1, 0.15) is 6.61 Å². The summed E-state index contributed by atoms with van der Waals surface area (Å²) in [4.78, 5) is 12.0. The molecule has 4 nitrogen and oxygen atoms in total. The van der Waals surface area contributed by atoms with Crippen LogP contribution in [-0.2, 0) is 4.74 Å². The molecule has 2 rings (SSSR count). The summed E-state index contributed by atoms with van der Waals surface area (Å²) in [5.74, 6) is 0. The molecule has 0 heterocycles. The van der Waals surface area contributed by atoms with Gasteiger partial charge in [0.2, 0.25) is 0 Å². The first kappa shape index (κ1) is 18.7. The zero-order valence-electron chi connectivity index (χ0n) is 12.9. The van der Waals surface area contributed by atoms with Gasteiger partial charge in [-0.1, -0.05) is 68.8 Å². The average Bonchev–Trinajstić information content (AvgIpc) is 2.57. The maximum absolute atomic E-state index is 12.0. The van der Waals surface area contributed by atoms with Crippen molar-refractivity contribution in [3.63, 3.8) is 0 Å². The molecular weight excluding hydrogens is 436 g/mol. The third-order valence-corrected chi connectivity index (χ3v) is 4.39. The monoisotopic (exact) mass is 452 g/mol. The highest BCUT2D eigenvalue weighted by atomic mass is 79.9. The summed E-state index contributed by atoms with van der Waals surface area (Å²) in [6, 6.07) is 14.5. The molecule has 0 spiro atoms. The van der Waals surface area contributed by atoms with Crippen molar-refractivity contribution in [3.8, 4) is 0 Å². The third kappa shape index (κ3) is 5.19. The van der Waals surface area contributed by atoms with Crippen LogP contribution in [0.25, 0.3) is 0 Å². The van der Waals surface area contributed by atoms with E-state index >= 15 is 0 Å². The van der Waals surface area contributed by atoms with Crippen LogP contribution in [-0.4, -0.2) is 12.7 Å². The smallest absolute Gasteiger partial charge is 0.407 e. The van der Waals surface area contributed by atoms with E-state index in [1.54, 1.807) is 0 Å². The van der Waals surface area contributed by atoms with E-state index in [4.69, 9.17) is 10.5 Å². The molecule has 126 valence electrons. The largest absolute Gasteiger partial charge is 0.445 e. The summed E-state index contributed by atoms with van der Waals surface area (Å²) in [5, 5.41) is 2.84. The van der Waals surface area contributed by atoms with E-state index in [1.165, 1.54) is 6.08 Å². The lowest BCUT2D eigenvalue weighted by atomic mass is 9.94. The molecule has 0 bridgehead atoms. The van der Waals surface area contributed by atoms with E-state index in [-0.39, 0.29) is 6.61 Å². The molecule has 6 heteroatoms. The molecule has 0 unspecified atom stereocenters. The van der Waals surface area contributed by atoms with Crippen LogP contribution < -0.4 is 11.1 Å². The number of carbonyl (C=O) groups is 1. The van der Waals surface area contributed by atoms with Gasteiger partial charge in [-0.05, 0) is 35.4 Å². The molecule has 2 aromatic carbocycles. The maximum Gasteiger partial charge on any atom is 0.407 e. The number of benzene rings is 2. The molecule has 3 N–H and O–H groups in total. The van der Waals surface area contributed by atoms with Crippen molar-refractivity contribution in [2.24, 2.45) is 5.73 Å². The van der Waals surface area contributed by atoms with E-state index in [0.717, 1.165) is 20.1 Å². The van der Waals surface area contributed by atoms with Crippen molar-refractivity contribution in [1.82, 2.24) is 5.32 Å². The summed E-state index contributed by atoms with van der Waals surface area (Å²) in [6.45, 7) is 3.67. The Hall–Kier alpha value is -1.63. The fourth-order valence-corrected chi connectivity index (χ4v) is 3.12. The van der Waals surface area contributed by atoms with Crippen molar-refractivity contribution in [2.75, 3.05) is 6.61 Å². The Morgan fingerprint density at radius 1 is 1.17 bits per heavy atom. The van der Waals surface area contributed by atoms with Gasteiger partial charge in [-0.2, -0.15) is 0 Å². The van der Waals surface area contributed by atoms with Crippen LogP contribution >= 0.6 is 31.9 Å². The van der Waals surface area contributed by atoms with Crippen molar-refractivity contribution in [1.29, 1.82) is 0 Å². The molecule has 0 fully saturated rings. The third-order valence-electron chi connectivity index (χ3n) is 3.41. The minimum absolute atomic E-state index is 0.142. The Labute approximate surface area is 158 Å². The number of ether oxygens (including phenoxy) is 1. The molecule has 2 aromatic rings. The van der Waals surface area contributed by atoms with Crippen LogP contribution in [0.5, 0.6) is 0 Å². The van der Waals surface area contributed by atoms with Gasteiger partial charge in [0.05, 0.1) is 12.1 Å². The number of hydrogen-bond acceptors (Lipinski definition) is 3. The molecule has 0 aromatic heterocycles. The SMILES string of the molecule is C=CCOC(=O)N[C@@H](c1cccc(Br)c1)[C@H](N)c1cccc(Br)c1. The second-order valence-corrected chi connectivity index (χ2v) is 6.98. The fraction of sp³-hybridized carbons (Fsp3) is 0.167. The molecule has 1 amide bonds. The predicted octanol–water partition coefficient (Wildman–Crippen LogP) is 4.86. The van der Waals surface area contributed by atoms with Gasteiger partial charge in [-0.25, -0.2) is 4.79 Å². The van der Waals surface area contributed by atoms with Gasteiger partial charge in [0.25, 0.3) is 0 Å². The van der Waals surface area contributed by atoms with Crippen LogP contribution in [0.1, 0.15) is 23.2 Å². The van der Waals surface area contributed by atoms with Gasteiger partial charge >= 0.3 is 6.09 Å². The van der Waals surface area contributed by atoms with Gasteiger partial charge in [-0.3, -0.25) is 0 Å². The molecule has 0 aliphatic rings. The average molecular weight is 454 g/mol. The van der Waals surface area contributed by atoms with E-state index in [9.17, 15) is 4.79 Å². The quantitative estimate of drug-likeness (QED) is 0.613. The second kappa shape index (κ2) is 9.01. The Morgan fingerprint density at radius 2 is 1.75 bits per heavy atom. The lowest BCUT2D eigenvalue weighted by Crippen LogP contribution is -2.36. The molecular formula is C18H18Br2N2O2. The molecule has 0 aliphatic carbocycles. The topological polar surface area (TPSA) is 64.3 Å². The normalized spacial score (nSPS) is 13.0. The number of nitrogens with one attached hydrogen (secondary N) is 1. The van der Waals surface area contributed by atoms with Crippen LogP contribution in [0, 0.1) is 0 Å². The Bertz CT molecular complexity index is 722. The number of amides is 1. The Morgan fingerprint density at radius 3 is 2.33 bits per heavy atom. The minimum Gasteiger partial charge on any atom is -0.445 e. The van der Waals surface area contributed by atoms with Crippen LogP contribution in [0.4, 0.5) is 4.79 Å². The van der Waals surface area contributed by atoms with E-state index in [2.05, 4.69) is 43.8 Å². The predicted molar refractivity (Wildman–Crippen MR) is 103 cm³/mol. The lowest BCUT2D eigenvalue weighted by molar-refractivity contribution is 0.152. The summed E-state index contributed by atoms with van der Waals surface area (Å²) < 4.78 is 6.88. The van der Waals surface area contributed by atoms with E-state index in [0.29, 0.717) is 0 Å². The van der Waals surface area contributed by atoms with Gasteiger partial charge in [0.15, 0.2) is 0 Å². The van der Waals surface area contributed by atoms with Gasteiger partial charge in [-0.15, -0.1) is 0 Å². The highest BCUT2D eigenvalue weighted by Gasteiger charge is 2.24. The van der Waals surface area contributed by atoms with E-state index < -0.39 is 18.2 Å². The van der Waals surface area contributed by atoms with E-state index in [1.807, 2.05) is 48.5 Å². The summed E-state index contributed by atoms with van der Waals surface area (Å²) >= 11 is 6.90. The zero-order valence-corrected chi connectivity index (χ0v) is 16.1. The van der Waals surface area contributed by atoms with Gasteiger partial charge in [0, 0.05) is 8.95 Å². The fourth-order valence-electron chi connectivity index (χ4n) is 2.29. The summed E-state index contributed by atoms with van der Waals surface area (Å²) in [6.07, 6.45) is 0.979. The number of halogens is 2. The van der Waals surface area contributed by atoms with Crippen LogP contribution in [0.3, 0.4) is 0 Å². The molecule has 0 saturated carbocycles. The van der Waals surface area contributed by atoms with Crippen LogP contribution in [0.2, 0.25) is 0 Å². The van der Waals surface area contributed by atoms with Gasteiger partial charge < -0.3 is 15.8 Å². The minimum atomic E-state index is -0.537. The highest BCUT2D eigenvalue weighted by Crippen LogP contribution is 2.30. The molecule has 0 saturated heterocycles. The molecule has 24 heavy (non-hydrogen) atoms. The standard InChI is InChI=1S/C18H18Br2N2O2/c1-2-9-24-18(23)22-17(13-6-4-8-15(20)11-13)16(21)12-5-3-7-14(19)10-12/h2-8,10-11,16-17H,1,9,21H2,(H,22,23)/t16-,17+/m1/s1. The zero-order chi connectivity index (χ0) is 17.5. The number of alkyl carbamates (subject to hydrolysis) is 1. The Kier molecular flexibility index (Phi) is 7.02. The van der Waals surface area contributed by atoms with Crippen molar-refractivity contribution in [3.05, 3.63) is 81.3 Å². The number of rotatable bonds is 6. The summed E-state index contributed by atoms with van der Waals surface area (Å²) in [5.41, 5.74) is 8.22. The van der Waals surface area contributed by atoms with Crippen molar-refractivity contribution in [2.45, 2.75) is 12.1 Å². The first-order chi connectivity index (χ1) is 11.5. The second-order valence-electron chi connectivity index (χ2n) is 5.14. The number of carbonyl (C=O) groups excluding carboxylic acids is 1. The van der Waals surface area contributed by atoms with Crippen LogP contribution in [0.15, 0.2) is 70.1 Å². The first-order valence-electron chi connectivity index (χ1n) is 7.32. The number of hydrogen-bond donors (Lipinski definition) is 2. The van der Waals surface area contributed by atoms with Crippen molar-refractivity contribution >= 4 is 38.0 Å².